The van der Waals surface area contributed by atoms with Gasteiger partial charge in [-0.2, -0.15) is 0 Å². The first-order valence-electron chi connectivity index (χ1n) is 9.04. The van der Waals surface area contributed by atoms with Crippen molar-refractivity contribution in [2.24, 2.45) is 0 Å². The Morgan fingerprint density at radius 3 is 2.57 bits per heavy atom. The van der Waals surface area contributed by atoms with Crippen molar-refractivity contribution in [3.8, 4) is 5.75 Å². The van der Waals surface area contributed by atoms with Gasteiger partial charge >= 0.3 is 5.97 Å². The number of fused-ring (bicyclic) bond motifs is 2. The summed E-state index contributed by atoms with van der Waals surface area (Å²) in [6, 6.07) is 17.0. The van der Waals surface area contributed by atoms with E-state index in [1.807, 2.05) is 30.3 Å². The zero-order valence-corrected chi connectivity index (χ0v) is 16.8. The molecule has 0 radical (unpaired) electrons. The van der Waals surface area contributed by atoms with Gasteiger partial charge < -0.3 is 9.84 Å². The summed E-state index contributed by atoms with van der Waals surface area (Å²) in [5, 5.41) is 11.0. The third-order valence-corrected chi connectivity index (χ3v) is 6.70. The Bertz CT molecular complexity index is 1270. The summed E-state index contributed by atoms with van der Waals surface area (Å²) >= 11 is 0. The van der Waals surface area contributed by atoms with Gasteiger partial charge in [-0.15, -0.1) is 0 Å². The topological polar surface area (TPSA) is 104 Å². The monoisotopic (exact) mass is 426 g/mol. The number of hydrogen-bond donors (Lipinski definition) is 1. The molecule has 9 heteroatoms. The first-order chi connectivity index (χ1) is 14.3. The van der Waals surface area contributed by atoms with E-state index in [0.717, 1.165) is 20.0 Å². The first kappa shape index (κ1) is 19.7. The van der Waals surface area contributed by atoms with Crippen LogP contribution in [0.5, 0.6) is 5.75 Å². The van der Waals surface area contributed by atoms with Crippen molar-refractivity contribution in [3.05, 3.63) is 60.7 Å². The molecule has 0 unspecified atom stereocenters. The lowest BCUT2D eigenvalue weighted by molar-refractivity contribution is -0.137. The van der Waals surface area contributed by atoms with Crippen molar-refractivity contribution in [1.82, 2.24) is 0 Å². The van der Waals surface area contributed by atoms with Gasteiger partial charge in [0.2, 0.25) is 0 Å². The van der Waals surface area contributed by atoms with Crippen molar-refractivity contribution < 1.29 is 27.9 Å². The van der Waals surface area contributed by atoms with Crippen LogP contribution in [0.2, 0.25) is 0 Å². The van der Waals surface area contributed by atoms with Crippen LogP contribution in [0, 0.1) is 0 Å². The van der Waals surface area contributed by atoms with Gasteiger partial charge in [0.25, 0.3) is 15.9 Å². The van der Waals surface area contributed by atoms with Gasteiger partial charge in [0, 0.05) is 7.05 Å². The van der Waals surface area contributed by atoms with Crippen molar-refractivity contribution in [2.45, 2.75) is 4.90 Å². The summed E-state index contributed by atoms with van der Waals surface area (Å²) < 4.78 is 32.9. The van der Waals surface area contributed by atoms with Crippen LogP contribution in [0.3, 0.4) is 0 Å². The van der Waals surface area contributed by atoms with E-state index in [4.69, 9.17) is 9.84 Å². The Hall–Kier alpha value is -3.59. The number of sulfonamides is 1. The lowest BCUT2D eigenvalue weighted by atomic mass is 10.1. The van der Waals surface area contributed by atoms with E-state index in [1.165, 1.54) is 25.2 Å². The molecular formula is C21H18N2O6S. The number of carboxylic acid groups (broad SMARTS) is 1. The van der Waals surface area contributed by atoms with Crippen LogP contribution in [-0.2, 0) is 19.6 Å². The van der Waals surface area contributed by atoms with E-state index in [9.17, 15) is 18.0 Å². The third-order valence-electron chi connectivity index (χ3n) is 4.92. The fourth-order valence-electron chi connectivity index (χ4n) is 3.32. The number of amides is 1. The van der Waals surface area contributed by atoms with Gasteiger partial charge in [0.1, 0.15) is 12.3 Å². The molecule has 0 fully saturated rings. The predicted octanol–water partition coefficient (Wildman–Crippen LogP) is 2.47. The Morgan fingerprint density at radius 2 is 1.83 bits per heavy atom. The van der Waals surface area contributed by atoms with Gasteiger partial charge in [-0.1, -0.05) is 30.3 Å². The van der Waals surface area contributed by atoms with Crippen molar-refractivity contribution in [3.63, 3.8) is 0 Å². The van der Waals surface area contributed by atoms with Crippen molar-refractivity contribution in [2.75, 3.05) is 29.4 Å². The molecule has 1 N–H and O–H groups in total. The highest BCUT2D eigenvalue weighted by atomic mass is 32.2. The molecule has 1 heterocycles. The average Bonchev–Trinajstić information content (AvgIpc) is 2.74. The zero-order chi connectivity index (χ0) is 21.5. The molecule has 0 aromatic heterocycles. The van der Waals surface area contributed by atoms with Crippen LogP contribution in [0.25, 0.3) is 10.8 Å². The maximum atomic E-state index is 13.2. The van der Waals surface area contributed by atoms with E-state index in [1.54, 1.807) is 12.1 Å². The van der Waals surface area contributed by atoms with Gasteiger partial charge in [0.05, 0.1) is 16.3 Å². The molecule has 1 aliphatic heterocycles. The number of rotatable bonds is 5. The molecule has 3 aromatic carbocycles. The summed E-state index contributed by atoms with van der Waals surface area (Å²) in [5.41, 5.74) is 0.586. The SMILES string of the molecule is CN(c1ccc2ccccc2c1)S(=O)(=O)c1ccc2c(c1)N(CC(=O)O)C(=O)CO2. The minimum absolute atomic E-state index is 0.0782. The molecule has 4 rings (SSSR count). The fraction of sp³-hybridized carbons (Fsp3) is 0.143. The molecule has 0 aliphatic carbocycles. The molecule has 30 heavy (non-hydrogen) atoms. The van der Waals surface area contributed by atoms with Crippen molar-refractivity contribution in [1.29, 1.82) is 0 Å². The predicted molar refractivity (Wildman–Crippen MR) is 111 cm³/mol. The highest BCUT2D eigenvalue weighted by Gasteiger charge is 2.30. The Kier molecular flexibility index (Phi) is 4.83. The standard InChI is InChI=1S/C21H18N2O6S/c1-22(16-7-6-14-4-2-3-5-15(14)10-16)30(27,28)17-8-9-19-18(11-17)23(12-21(25)26)20(24)13-29-19/h2-11H,12-13H2,1H3,(H,25,26). The van der Waals surface area contributed by atoms with Gasteiger partial charge in [-0.3, -0.25) is 18.8 Å². The number of carbonyl (C=O) groups excluding carboxylic acids is 1. The molecule has 1 amide bonds. The molecule has 0 spiro atoms. The average molecular weight is 426 g/mol. The Balaban J connectivity index is 1.74. The van der Waals surface area contributed by atoms with Crippen LogP contribution in [0.15, 0.2) is 65.6 Å². The van der Waals surface area contributed by atoms with E-state index in [-0.39, 0.29) is 22.9 Å². The second-order valence-corrected chi connectivity index (χ2v) is 8.77. The first-order valence-corrected chi connectivity index (χ1v) is 10.5. The molecule has 8 nitrogen and oxygen atoms in total. The maximum absolute atomic E-state index is 13.2. The molecule has 0 saturated carbocycles. The number of anilines is 2. The van der Waals surface area contributed by atoms with Crippen LogP contribution in [-0.4, -0.2) is 45.6 Å². The number of aliphatic carboxylic acids is 1. The van der Waals surface area contributed by atoms with Crippen LogP contribution in [0.4, 0.5) is 11.4 Å². The molecule has 0 atom stereocenters. The minimum atomic E-state index is -3.97. The van der Waals surface area contributed by atoms with Gasteiger partial charge in [0.15, 0.2) is 6.61 Å². The summed E-state index contributed by atoms with van der Waals surface area (Å²) in [5.74, 6) is -1.51. The second kappa shape index (κ2) is 7.34. The zero-order valence-electron chi connectivity index (χ0n) is 16.0. The molecule has 0 bridgehead atoms. The quantitative estimate of drug-likeness (QED) is 0.672. The summed E-state index contributed by atoms with van der Waals surface area (Å²) in [7, 11) is -2.53. The number of carboxylic acids is 1. The number of hydrogen-bond acceptors (Lipinski definition) is 5. The normalized spacial score (nSPS) is 13.6. The summed E-state index contributed by atoms with van der Waals surface area (Å²) in [4.78, 5) is 24.2. The number of nitrogens with zero attached hydrogens (tertiary/aromatic N) is 2. The van der Waals surface area contributed by atoms with Crippen LogP contribution in [0.1, 0.15) is 0 Å². The second-order valence-electron chi connectivity index (χ2n) is 6.80. The Labute approximate surface area is 173 Å². The Morgan fingerprint density at radius 1 is 1.10 bits per heavy atom. The molecule has 0 saturated heterocycles. The molecular weight excluding hydrogens is 408 g/mol. The lowest BCUT2D eigenvalue weighted by Crippen LogP contribution is -2.42. The van der Waals surface area contributed by atoms with E-state index < -0.39 is 28.4 Å². The highest BCUT2D eigenvalue weighted by Crippen LogP contribution is 2.35. The van der Waals surface area contributed by atoms with Gasteiger partial charge in [-0.05, 0) is 41.1 Å². The van der Waals surface area contributed by atoms with Crippen molar-refractivity contribution >= 4 is 44.0 Å². The lowest BCUT2D eigenvalue weighted by Gasteiger charge is -2.29. The molecule has 1 aliphatic rings. The number of benzene rings is 3. The summed E-state index contributed by atoms with van der Waals surface area (Å²) in [6.45, 7) is -0.886. The van der Waals surface area contributed by atoms with E-state index >= 15 is 0 Å². The number of ether oxygens (including phenoxy) is 1. The smallest absolute Gasteiger partial charge is 0.323 e. The van der Waals surface area contributed by atoms with Crippen LogP contribution >= 0.6 is 0 Å². The van der Waals surface area contributed by atoms with Crippen LogP contribution < -0.4 is 13.9 Å². The third kappa shape index (κ3) is 3.43. The van der Waals surface area contributed by atoms with E-state index in [2.05, 4.69) is 0 Å². The minimum Gasteiger partial charge on any atom is -0.482 e. The maximum Gasteiger partial charge on any atom is 0.323 e. The molecule has 3 aromatic rings. The largest absolute Gasteiger partial charge is 0.482 e. The van der Waals surface area contributed by atoms with E-state index in [0.29, 0.717) is 5.69 Å². The molecule has 154 valence electrons. The fourth-order valence-corrected chi connectivity index (χ4v) is 4.53. The van der Waals surface area contributed by atoms with Gasteiger partial charge in [-0.25, -0.2) is 8.42 Å². The highest BCUT2D eigenvalue weighted by molar-refractivity contribution is 7.92. The number of carbonyl (C=O) groups is 2. The summed E-state index contributed by atoms with van der Waals surface area (Å²) in [6.07, 6.45) is 0.